The Morgan fingerprint density at radius 1 is 1.33 bits per heavy atom. The number of primary amides is 1. The summed E-state index contributed by atoms with van der Waals surface area (Å²) in [5.41, 5.74) is 7.30. The highest BCUT2D eigenvalue weighted by molar-refractivity contribution is 7.16. The Hall–Kier alpha value is -1.86. The van der Waals surface area contributed by atoms with Crippen LogP contribution in [0.3, 0.4) is 0 Å². The maximum atomic E-state index is 12.4. The van der Waals surface area contributed by atoms with Crippen LogP contribution in [0.25, 0.3) is 0 Å². The molecule has 2 amide bonds. The van der Waals surface area contributed by atoms with Gasteiger partial charge in [-0.05, 0) is 26.3 Å². The first kappa shape index (κ1) is 15.5. The van der Waals surface area contributed by atoms with Crippen molar-refractivity contribution in [3.05, 3.63) is 32.4 Å². The molecule has 0 aliphatic rings. The molecule has 3 N–H and O–H groups in total. The number of carbonyl (C=O) groups excluding carboxylic acids is 2. The van der Waals surface area contributed by atoms with Crippen molar-refractivity contribution in [1.82, 2.24) is 9.78 Å². The van der Waals surface area contributed by atoms with Crippen LogP contribution in [0.2, 0.25) is 5.02 Å². The van der Waals surface area contributed by atoms with Gasteiger partial charge in [0.2, 0.25) is 0 Å². The highest BCUT2D eigenvalue weighted by Crippen LogP contribution is 2.32. The van der Waals surface area contributed by atoms with E-state index in [0.29, 0.717) is 21.3 Å². The summed E-state index contributed by atoms with van der Waals surface area (Å²) in [7, 11) is 1.63. The third kappa shape index (κ3) is 2.66. The molecule has 21 heavy (non-hydrogen) atoms. The van der Waals surface area contributed by atoms with Gasteiger partial charge in [-0.15, -0.1) is 11.3 Å². The number of aromatic nitrogens is 2. The van der Waals surface area contributed by atoms with Crippen LogP contribution in [0, 0.1) is 20.8 Å². The van der Waals surface area contributed by atoms with Gasteiger partial charge in [0, 0.05) is 11.9 Å². The summed E-state index contributed by atoms with van der Waals surface area (Å²) in [5.74, 6) is -0.994. The topological polar surface area (TPSA) is 90.0 Å². The van der Waals surface area contributed by atoms with Crippen LogP contribution >= 0.6 is 22.9 Å². The van der Waals surface area contributed by atoms with Gasteiger partial charge in [0.15, 0.2) is 0 Å². The fourth-order valence-corrected chi connectivity index (χ4v) is 3.36. The number of halogens is 1. The van der Waals surface area contributed by atoms with E-state index in [2.05, 4.69) is 10.4 Å². The van der Waals surface area contributed by atoms with Crippen molar-refractivity contribution in [2.24, 2.45) is 12.8 Å². The van der Waals surface area contributed by atoms with Gasteiger partial charge >= 0.3 is 0 Å². The molecular weight excluding hydrogens is 312 g/mol. The molecule has 0 aromatic carbocycles. The molecule has 0 bridgehead atoms. The predicted molar refractivity (Wildman–Crippen MR) is 83.2 cm³/mol. The highest BCUT2D eigenvalue weighted by atomic mass is 35.5. The third-order valence-corrected chi connectivity index (χ3v) is 4.80. The van der Waals surface area contributed by atoms with Crippen LogP contribution in [0.4, 0.5) is 5.00 Å². The molecule has 2 aromatic rings. The van der Waals surface area contributed by atoms with E-state index < -0.39 is 11.8 Å². The second kappa shape index (κ2) is 5.50. The van der Waals surface area contributed by atoms with Gasteiger partial charge in [-0.1, -0.05) is 11.6 Å². The Labute approximate surface area is 130 Å². The van der Waals surface area contributed by atoms with Crippen molar-refractivity contribution in [3.63, 3.8) is 0 Å². The average molecular weight is 327 g/mol. The number of aryl methyl sites for hydroxylation is 3. The summed E-state index contributed by atoms with van der Waals surface area (Å²) in [5, 5.41) is 7.51. The lowest BCUT2D eigenvalue weighted by Crippen LogP contribution is -2.19. The minimum absolute atomic E-state index is 0.244. The van der Waals surface area contributed by atoms with Crippen molar-refractivity contribution < 1.29 is 9.59 Å². The molecule has 0 saturated heterocycles. The summed E-state index contributed by atoms with van der Waals surface area (Å²) in [4.78, 5) is 24.8. The molecule has 0 atom stereocenters. The van der Waals surface area contributed by atoms with Crippen molar-refractivity contribution in [1.29, 1.82) is 0 Å². The Kier molecular flexibility index (Phi) is 4.06. The standard InChI is InChI=1S/C13H15ClN4O2S/c1-5-7(3)21-13(8(5)11(15)19)16-12(20)10-9(14)6(2)17-18(10)4/h1-4H3,(H2,15,19)(H,16,20). The number of nitrogens with one attached hydrogen (secondary N) is 1. The lowest BCUT2D eigenvalue weighted by Gasteiger charge is -2.06. The molecular formula is C13H15ClN4O2S. The first-order valence-corrected chi connectivity index (χ1v) is 7.33. The molecule has 6 nitrogen and oxygen atoms in total. The normalized spacial score (nSPS) is 10.7. The molecule has 0 spiro atoms. The number of hydrogen-bond donors (Lipinski definition) is 2. The largest absolute Gasteiger partial charge is 0.365 e. The lowest BCUT2D eigenvalue weighted by atomic mass is 10.1. The fraction of sp³-hybridized carbons (Fsp3) is 0.308. The Morgan fingerprint density at radius 2 is 1.95 bits per heavy atom. The number of nitrogens with two attached hydrogens (primary N) is 1. The summed E-state index contributed by atoms with van der Waals surface area (Å²) in [6.45, 7) is 5.37. The maximum absolute atomic E-state index is 12.4. The summed E-state index contributed by atoms with van der Waals surface area (Å²) in [6, 6.07) is 0. The maximum Gasteiger partial charge on any atom is 0.276 e. The molecule has 0 unspecified atom stereocenters. The Balaban J connectivity index is 2.41. The van der Waals surface area contributed by atoms with Gasteiger partial charge in [-0.25, -0.2) is 0 Å². The molecule has 0 saturated carbocycles. The van der Waals surface area contributed by atoms with Gasteiger partial charge in [-0.3, -0.25) is 14.3 Å². The molecule has 0 fully saturated rings. The van der Waals surface area contributed by atoms with E-state index in [1.165, 1.54) is 16.0 Å². The van der Waals surface area contributed by atoms with E-state index in [9.17, 15) is 9.59 Å². The zero-order valence-corrected chi connectivity index (χ0v) is 13.6. The second-order valence-corrected chi connectivity index (χ2v) is 6.28. The summed E-state index contributed by atoms with van der Waals surface area (Å²) in [6.07, 6.45) is 0. The molecule has 0 aliphatic heterocycles. The number of carbonyl (C=O) groups is 2. The predicted octanol–water partition coefficient (Wildman–Crippen LogP) is 2.41. The minimum Gasteiger partial charge on any atom is -0.365 e. The summed E-state index contributed by atoms with van der Waals surface area (Å²) < 4.78 is 1.41. The molecule has 0 aliphatic carbocycles. The first-order chi connectivity index (χ1) is 9.73. The van der Waals surface area contributed by atoms with Crippen LogP contribution in [0.1, 0.15) is 37.0 Å². The lowest BCUT2D eigenvalue weighted by molar-refractivity contribution is 0.100. The van der Waals surface area contributed by atoms with Crippen molar-refractivity contribution in [2.45, 2.75) is 20.8 Å². The summed E-state index contributed by atoms with van der Waals surface area (Å²) >= 11 is 7.39. The molecule has 2 aromatic heterocycles. The van der Waals surface area contributed by atoms with Crippen molar-refractivity contribution in [2.75, 3.05) is 5.32 Å². The monoisotopic (exact) mass is 326 g/mol. The number of amides is 2. The number of thiophene rings is 1. The van der Waals surface area contributed by atoms with E-state index in [1.807, 2.05) is 6.92 Å². The minimum atomic E-state index is -0.570. The van der Waals surface area contributed by atoms with Crippen LogP contribution < -0.4 is 11.1 Å². The number of nitrogens with zero attached hydrogens (tertiary/aromatic N) is 2. The smallest absolute Gasteiger partial charge is 0.276 e. The zero-order valence-electron chi connectivity index (χ0n) is 12.1. The van der Waals surface area contributed by atoms with Gasteiger partial charge in [0.1, 0.15) is 10.7 Å². The Bertz CT molecular complexity index is 748. The molecule has 2 heterocycles. The quantitative estimate of drug-likeness (QED) is 0.907. The number of rotatable bonds is 3. The van der Waals surface area contributed by atoms with Crippen molar-refractivity contribution in [3.8, 4) is 0 Å². The molecule has 112 valence electrons. The first-order valence-electron chi connectivity index (χ1n) is 6.14. The van der Waals surface area contributed by atoms with Crippen LogP contribution in [-0.4, -0.2) is 21.6 Å². The fourth-order valence-electron chi connectivity index (χ4n) is 2.05. The van der Waals surface area contributed by atoms with Gasteiger partial charge in [0.25, 0.3) is 11.8 Å². The van der Waals surface area contributed by atoms with Gasteiger partial charge < -0.3 is 11.1 Å². The average Bonchev–Trinajstić information content (AvgIpc) is 2.77. The number of hydrogen-bond acceptors (Lipinski definition) is 4. The zero-order chi connectivity index (χ0) is 15.9. The van der Waals surface area contributed by atoms with E-state index in [1.54, 1.807) is 20.9 Å². The number of anilines is 1. The molecule has 0 radical (unpaired) electrons. The van der Waals surface area contributed by atoms with Gasteiger partial charge in [0.05, 0.1) is 16.3 Å². The van der Waals surface area contributed by atoms with Crippen molar-refractivity contribution >= 4 is 39.8 Å². The van der Waals surface area contributed by atoms with E-state index in [4.69, 9.17) is 17.3 Å². The SMILES string of the molecule is Cc1nn(C)c(C(=O)Nc2sc(C)c(C)c2C(N)=O)c1Cl. The van der Waals surface area contributed by atoms with Crippen LogP contribution in [0.15, 0.2) is 0 Å². The second-order valence-electron chi connectivity index (χ2n) is 4.68. The highest BCUT2D eigenvalue weighted by Gasteiger charge is 2.23. The van der Waals surface area contributed by atoms with Crippen LogP contribution in [-0.2, 0) is 7.05 Å². The van der Waals surface area contributed by atoms with Gasteiger partial charge in [-0.2, -0.15) is 5.10 Å². The van der Waals surface area contributed by atoms with E-state index >= 15 is 0 Å². The van der Waals surface area contributed by atoms with E-state index in [0.717, 1.165) is 10.4 Å². The molecule has 8 heteroatoms. The van der Waals surface area contributed by atoms with E-state index in [-0.39, 0.29) is 5.69 Å². The van der Waals surface area contributed by atoms with Crippen LogP contribution in [0.5, 0.6) is 0 Å². The Morgan fingerprint density at radius 3 is 2.43 bits per heavy atom. The molecule has 2 rings (SSSR count). The third-order valence-electron chi connectivity index (χ3n) is 3.22.